The van der Waals surface area contributed by atoms with Gasteiger partial charge in [-0.2, -0.15) is 13.2 Å². The van der Waals surface area contributed by atoms with Crippen LogP contribution in [-0.4, -0.2) is 35.0 Å². The maximum atomic E-state index is 13.2. The molecule has 1 aromatic carbocycles. The van der Waals surface area contributed by atoms with Crippen molar-refractivity contribution in [3.05, 3.63) is 35.1 Å². The Hall–Kier alpha value is -2.12. The average Bonchev–Trinajstić information content (AvgIpc) is 2.34. The molecule has 1 amide bonds. The Balaban J connectivity index is 3.17. The number of hydrogen-bond acceptors (Lipinski definition) is 2. The van der Waals surface area contributed by atoms with Crippen molar-refractivity contribution in [1.29, 1.82) is 0 Å². The molecule has 0 heterocycles. The van der Waals surface area contributed by atoms with E-state index in [1.165, 1.54) is 6.92 Å². The number of amides is 1. The number of benzene rings is 1. The first-order chi connectivity index (χ1) is 9.04. The van der Waals surface area contributed by atoms with E-state index in [-0.39, 0.29) is 6.07 Å². The summed E-state index contributed by atoms with van der Waals surface area (Å²) in [7, 11) is 1.11. The molecule has 1 atom stereocenters. The summed E-state index contributed by atoms with van der Waals surface area (Å²) in [6.07, 6.45) is -4.80. The second kappa shape index (κ2) is 5.48. The molecule has 0 saturated heterocycles. The van der Waals surface area contributed by atoms with Gasteiger partial charge in [-0.25, -0.2) is 9.18 Å². The molecule has 1 unspecified atom stereocenters. The zero-order chi connectivity index (χ0) is 15.7. The fourth-order valence-electron chi connectivity index (χ4n) is 1.42. The largest absolute Gasteiger partial charge is 0.480 e. The van der Waals surface area contributed by atoms with Crippen molar-refractivity contribution in [2.75, 3.05) is 7.05 Å². The summed E-state index contributed by atoms with van der Waals surface area (Å²) in [4.78, 5) is 23.3. The maximum Gasteiger partial charge on any atom is 0.416 e. The van der Waals surface area contributed by atoms with E-state index < -0.39 is 41.0 Å². The molecule has 0 aromatic heterocycles. The first-order valence-electron chi connectivity index (χ1n) is 5.41. The van der Waals surface area contributed by atoms with Crippen LogP contribution in [0.3, 0.4) is 0 Å². The monoisotopic (exact) mass is 293 g/mol. The van der Waals surface area contributed by atoms with Crippen LogP contribution in [0.1, 0.15) is 22.8 Å². The molecule has 20 heavy (non-hydrogen) atoms. The molecule has 110 valence electrons. The number of carboxylic acids is 1. The number of likely N-dealkylation sites (N-methyl/N-ethyl adjacent to an activating group) is 1. The summed E-state index contributed by atoms with van der Waals surface area (Å²) in [5.74, 6) is -3.56. The summed E-state index contributed by atoms with van der Waals surface area (Å²) in [6, 6.07) is 0.122. The Labute approximate surface area is 111 Å². The summed E-state index contributed by atoms with van der Waals surface area (Å²) in [5.41, 5.74) is -1.87. The highest BCUT2D eigenvalue weighted by molar-refractivity contribution is 5.96. The minimum Gasteiger partial charge on any atom is -0.480 e. The third-order valence-electron chi connectivity index (χ3n) is 2.73. The molecule has 0 fully saturated rings. The van der Waals surface area contributed by atoms with Gasteiger partial charge in [-0.15, -0.1) is 0 Å². The Bertz CT molecular complexity index is 542. The third-order valence-corrected chi connectivity index (χ3v) is 2.73. The second-order valence-electron chi connectivity index (χ2n) is 4.16. The van der Waals surface area contributed by atoms with Gasteiger partial charge >= 0.3 is 12.1 Å². The number of nitrogens with zero attached hydrogens (tertiary/aromatic N) is 1. The molecule has 0 bridgehead atoms. The van der Waals surface area contributed by atoms with E-state index in [4.69, 9.17) is 5.11 Å². The molecular formula is C12H11F4NO3. The predicted molar refractivity (Wildman–Crippen MR) is 60.6 cm³/mol. The number of alkyl halides is 3. The van der Waals surface area contributed by atoms with Gasteiger partial charge in [0.1, 0.15) is 11.9 Å². The lowest BCUT2D eigenvalue weighted by molar-refractivity contribution is -0.141. The SMILES string of the molecule is CC(C(=O)O)N(C)C(=O)c1cc(F)cc(C(F)(F)F)c1. The van der Waals surface area contributed by atoms with Crippen molar-refractivity contribution in [1.82, 2.24) is 4.90 Å². The van der Waals surface area contributed by atoms with E-state index in [2.05, 4.69) is 0 Å². The Morgan fingerprint density at radius 1 is 1.25 bits per heavy atom. The number of halogens is 4. The van der Waals surface area contributed by atoms with Crippen LogP contribution in [0, 0.1) is 5.82 Å². The molecule has 0 spiro atoms. The van der Waals surface area contributed by atoms with Gasteiger partial charge in [-0.05, 0) is 25.1 Å². The van der Waals surface area contributed by atoms with Crippen molar-refractivity contribution in [3.63, 3.8) is 0 Å². The Morgan fingerprint density at radius 2 is 1.80 bits per heavy atom. The second-order valence-corrected chi connectivity index (χ2v) is 4.16. The molecular weight excluding hydrogens is 282 g/mol. The minimum atomic E-state index is -4.80. The highest BCUT2D eigenvalue weighted by Gasteiger charge is 2.33. The van der Waals surface area contributed by atoms with Crippen molar-refractivity contribution in [3.8, 4) is 0 Å². The summed E-state index contributed by atoms with van der Waals surface area (Å²) >= 11 is 0. The highest BCUT2D eigenvalue weighted by Crippen LogP contribution is 2.30. The molecule has 4 nitrogen and oxygen atoms in total. The average molecular weight is 293 g/mol. The number of aliphatic carboxylic acids is 1. The van der Waals surface area contributed by atoms with E-state index in [1.807, 2.05) is 0 Å². The van der Waals surface area contributed by atoms with Crippen LogP contribution in [0.25, 0.3) is 0 Å². The smallest absolute Gasteiger partial charge is 0.416 e. The number of carboxylic acid groups (broad SMARTS) is 1. The Morgan fingerprint density at radius 3 is 2.25 bits per heavy atom. The van der Waals surface area contributed by atoms with E-state index in [1.54, 1.807) is 0 Å². The van der Waals surface area contributed by atoms with Crippen molar-refractivity contribution >= 4 is 11.9 Å². The molecule has 1 N–H and O–H groups in total. The standard InChI is InChI=1S/C12H11F4NO3/c1-6(11(19)20)17(2)10(18)7-3-8(12(14,15)16)5-9(13)4-7/h3-6H,1-2H3,(H,19,20). The number of carbonyl (C=O) groups excluding carboxylic acids is 1. The lowest BCUT2D eigenvalue weighted by atomic mass is 10.1. The predicted octanol–water partition coefficient (Wildman–Crippen LogP) is 2.39. The van der Waals surface area contributed by atoms with Crippen molar-refractivity contribution in [2.24, 2.45) is 0 Å². The van der Waals surface area contributed by atoms with Gasteiger partial charge in [0.25, 0.3) is 5.91 Å². The molecule has 0 aliphatic rings. The quantitative estimate of drug-likeness (QED) is 0.871. The van der Waals surface area contributed by atoms with E-state index in [0.717, 1.165) is 11.9 Å². The van der Waals surface area contributed by atoms with E-state index >= 15 is 0 Å². The molecule has 0 radical (unpaired) electrons. The van der Waals surface area contributed by atoms with E-state index in [9.17, 15) is 27.2 Å². The van der Waals surface area contributed by atoms with Crippen LogP contribution >= 0.6 is 0 Å². The third kappa shape index (κ3) is 3.46. The first kappa shape index (κ1) is 15.9. The van der Waals surface area contributed by atoms with Crippen LogP contribution in [0.4, 0.5) is 17.6 Å². The molecule has 1 aromatic rings. The molecule has 1 rings (SSSR count). The summed E-state index contributed by atoms with van der Waals surface area (Å²) in [6.45, 7) is 1.18. The maximum absolute atomic E-state index is 13.2. The van der Waals surface area contributed by atoms with Crippen LogP contribution in [0.2, 0.25) is 0 Å². The number of carbonyl (C=O) groups is 2. The molecule has 8 heteroatoms. The molecule has 0 saturated carbocycles. The van der Waals surface area contributed by atoms with Gasteiger partial charge in [0.05, 0.1) is 5.56 Å². The van der Waals surface area contributed by atoms with Crippen LogP contribution in [-0.2, 0) is 11.0 Å². The van der Waals surface area contributed by atoms with Gasteiger partial charge in [0.2, 0.25) is 0 Å². The number of hydrogen-bond donors (Lipinski definition) is 1. The van der Waals surface area contributed by atoms with Crippen LogP contribution < -0.4 is 0 Å². The van der Waals surface area contributed by atoms with E-state index in [0.29, 0.717) is 12.1 Å². The van der Waals surface area contributed by atoms with Gasteiger partial charge < -0.3 is 10.0 Å². The van der Waals surface area contributed by atoms with Gasteiger partial charge in [0.15, 0.2) is 0 Å². The topological polar surface area (TPSA) is 57.6 Å². The molecule has 0 aliphatic carbocycles. The van der Waals surface area contributed by atoms with Gasteiger partial charge in [-0.3, -0.25) is 4.79 Å². The van der Waals surface area contributed by atoms with Crippen molar-refractivity contribution < 1.29 is 32.3 Å². The summed E-state index contributed by atoms with van der Waals surface area (Å²) < 4.78 is 50.7. The lowest BCUT2D eigenvalue weighted by Crippen LogP contribution is -2.40. The summed E-state index contributed by atoms with van der Waals surface area (Å²) in [5, 5.41) is 8.74. The van der Waals surface area contributed by atoms with Crippen LogP contribution in [0.15, 0.2) is 18.2 Å². The number of rotatable bonds is 3. The minimum absolute atomic E-state index is 0.261. The fourth-order valence-corrected chi connectivity index (χ4v) is 1.42. The first-order valence-corrected chi connectivity index (χ1v) is 5.41. The zero-order valence-corrected chi connectivity index (χ0v) is 10.5. The Kier molecular flexibility index (Phi) is 4.36. The van der Waals surface area contributed by atoms with Gasteiger partial charge in [-0.1, -0.05) is 0 Å². The molecule has 0 aliphatic heterocycles. The lowest BCUT2D eigenvalue weighted by Gasteiger charge is -2.22. The van der Waals surface area contributed by atoms with Crippen LogP contribution in [0.5, 0.6) is 0 Å². The van der Waals surface area contributed by atoms with Gasteiger partial charge in [0, 0.05) is 12.6 Å². The normalized spacial score (nSPS) is 12.9. The van der Waals surface area contributed by atoms with Crippen molar-refractivity contribution in [2.45, 2.75) is 19.1 Å². The zero-order valence-electron chi connectivity index (χ0n) is 10.5. The fraction of sp³-hybridized carbons (Fsp3) is 0.333. The highest BCUT2D eigenvalue weighted by atomic mass is 19.4.